The predicted molar refractivity (Wildman–Crippen MR) is 85.0 cm³/mol. The number of hydrogen-bond acceptors (Lipinski definition) is 3. The first kappa shape index (κ1) is 17.0. The summed E-state index contributed by atoms with van der Waals surface area (Å²) >= 11 is 0. The molecule has 22 heavy (non-hydrogen) atoms. The summed E-state index contributed by atoms with van der Waals surface area (Å²) < 4.78 is 27.0. The van der Waals surface area contributed by atoms with E-state index in [9.17, 15) is 13.2 Å². The SMILES string of the molecule is Cc1cc(C(=O)N2CCCN(S(=O)(=O)N(C)C)CC2)c(C)[nH]1. The van der Waals surface area contributed by atoms with Gasteiger partial charge in [-0.3, -0.25) is 4.79 Å². The number of nitrogens with zero attached hydrogens (tertiary/aromatic N) is 3. The third kappa shape index (κ3) is 3.34. The zero-order valence-corrected chi connectivity index (χ0v) is 14.4. The minimum Gasteiger partial charge on any atom is -0.362 e. The van der Waals surface area contributed by atoms with Crippen LogP contribution in [0, 0.1) is 13.8 Å². The van der Waals surface area contributed by atoms with E-state index in [1.807, 2.05) is 19.9 Å². The van der Waals surface area contributed by atoms with Crippen molar-refractivity contribution in [2.45, 2.75) is 20.3 Å². The van der Waals surface area contributed by atoms with Gasteiger partial charge >= 0.3 is 0 Å². The number of nitrogens with one attached hydrogen (secondary N) is 1. The average molecular weight is 328 g/mol. The number of carbonyl (C=O) groups is 1. The molecule has 1 saturated heterocycles. The maximum atomic E-state index is 12.6. The van der Waals surface area contributed by atoms with Crippen LogP contribution in [0.15, 0.2) is 6.07 Å². The lowest BCUT2D eigenvalue weighted by atomic mass is 10.2. The highest BCUT2D eigenvalue weighted by Crippen LogP contribution is 2.16. The van der Waals surface area contributed by atoms with Gasteiger partial charge in [-0.05, 0) is 26.3 Å². The van der Waals surface area contributed by atoms with Crippen LogP contribution >= 0.6 is 0 Å². The number of amides is 1. The smallest absolute Gasteiger partial charge is 0.281 e. The standard InChI is InChI=1S/C14H24N4O3S/c1-11-10-13(12(2)15-11)14(19)17-6-5-7-18(9-8-17)22(20,21)16(3)4/h10,15H,5-9H2,1-4H3. The normalized spacial score (nSPS) is 17.8. The molecule has 0 aromatic carbocycles. The van der Waals surface area contributed by atoms with Crippen molar-refractivity contribution in [3.05, 3.63) is 23.0 Å². The molecule has 124 valence electrons. The van der Waals surface area contributed by atoms with Crippen molar-refractivity contribution in [1.82, 2.24) is 18.5 Å². The molecule has 0 bridgehead atoms. The topological polar surface area (TPSA) is 76.7 Å². The van der Waals surface area contributed by atoms with Crippen LogP contribution in [0.3, 0.4) is 0 Å². The molecule has 2 heterocycles. The number of hydrogen-bond donors (Lipinski definition) is 1. The van der Waals surface area contributed by atoms with Crippen LogP contribution in [0.1, 0.15) is 28.2 Å². The van der Waals surface area contributed by atoms with Crippen LogP contribution in [0.2, 0.25) is 0 Å². The van der Waals surface area contributed by atoms with Gasteiger partial charge in [0.15, 0.2) is 0 Å². The zero-order chi connectivity index (χ0) is 16.5. The summed E-state index contributed by atoms with van der Waals surface area (Å²) in [6.45, 7) is 5.54. The van der Waals surface area contributed by atoms with Gasteiger partial charge in [0.05, 0.1) is 5.56 Å². The highest BCUT2D eigenvalue weighted by atomic mass is 32.2. The Morgan fingerprint density at radius 2 is 1.86 bits per heavy atom. The number of carbonyl (C=O) groups excluding carboxylic acids is 1. The summed E-state index contributed by atoms with van der Waals surface area (Å²) in [7, 11) is -0.373. The largest absolute Gasteiger partial charge is 0.362 e. The van der Waals surface area contributed by atoms with E-state index >= 15 is 0 Å². The van der Waals surface area contributed by atoms with Gasteiger partial charge < -0.3 is 9.88 Å². The Kier molecular flexibility index (Phi) is 4.93. The molecule has 1 aliphatic heterocycles. The minimum absolute atomic E-state index is 0.0362. The summed E-state index contributed by atoms with van der Waals surface area (Å²) in [5.41, 5.74) is 2.47. The van der Waals surface area contributed by atoms with E-state index in [1.165, 1.54) is 22.7 Å². The number of aromatic nitrogens is 1. The summed E-state index contributed by atoms with van der Waals surface area (Å²) in [4.78, 5) is 17.5. The lowest BCUT2D eigenvalue weighted by Crippen LogP contribution is -2.42. The van der Waals surface area contributed by atoms with Crippen molar-refractivity contribution < 1.29 is 13.2 Å². The maximum Gasteiger partial charge on any atom is 0.281 e. The second-order valence-electron chi connectivity index (χ2n) is 5.83. The van der Waals surface area contributed by atoms with Crippen molar-refractivity contribution in [2.24, 2.45) is 0 Å². The summed E-state index contributed by atoms with van der Waals surface area (Å²) in [5.74, 6) is -0.0362. The molecular formula is C14H24N4O3S. The Labute approximate surface area is 132 Å². The molecule has 0 radical (unpaired) electrons. The quantitative estimate of drug-likeness (QED) is 0.882. The molecule has 0 saturated carbocycles. The molecule has 1 aromatic heterocycles. The molecular weight excluding hydrogens is 304 g/mol. The first-order chi connectivity index (χ1) is 10.2. The van der Waals surface area contributed by atoms with Gasteiger partial charge in [-0.2, -0.15) is 17.0 Å². The van der Waals surface area contributed by atoms with Crippen molar-refractivity contribution >= 4 is 16.1 Å². The molecule has 0 unspecified atom stereocenters. The van der Waals surface area contributed by atoms with Gasteiger partial charge in [-0.15, -0.1) is 0 Å². The highest BCUT2D eigenvalue weighted by Gasteiger charge is 2.29. The van der Waals surface area contributed by atoms with Crippen molar-refractivity contribution in [1.29, 1.82) is 0 Å². The molecule has 0 aliphatic carbocycles. The maximum absolute atomic E-state index is 12.6. The molecule has 8 heteroatoms. The van der Waals surface area contributed by atoms with Gasteiger partial charge in [0.1, 0.15) is 0 Å². The number of aromatic amines is 1. The molecule has 1 amide bonds. The van der Waals surface area contributed by atoms with Gasteiger partial charge in [-0.1, -0.05) is 0 Å². The van der Waals surface area contributed by atoms with Gasteiger partial charge in [0.2, 0.25) is 0 Å². The molecule has 1 fully saturated rings. The van der Waals surface area contributed by atoms with E-state index in [-0.39, 0.29) is 5.91 Å². The molecule has 7 nitrogen and oxygen atoms in total. The number of H-pyrrole nitrogens is 1. The van der Waals surface area contributed by atoms with E-state index in [0.29, 0.717) is 38.2 Å². The molecule has 1 aromatic rings. The van der Waals surface area contributed by atoms with E-state index < -0.39 is 10.2 Å². The van der Waals surface area contributed by atoms with Crippen LogP contribution in [-0.4, -0.2) is 73.1 Å². The second-order valence-corrected chi connectivity index (χ2v) is 7.97. The van der Waals surface area contributed by atoms with Crippen molar-refractivity contribution in [3.8, 4) is 0 Å². The molecule has 1 aliphatic rings. The summed E-state index contributed by atoms with van der Waals surface area (Å²) in [6.07, 6.45) is 0.640. The third-order valence-electron chi connectivity index (χ3n) is 3.91. The van der Waals surface area contributed by atoms with Crippen molar-refractivity contribution in [2.75, 3.05) is 40.3 Å². The minimum atomic E-state index is -3.42. The van der Waals surface area contributed by atoms with Crippen LogP contribution < -0.4 is 0 Å². The number of aryl methyl sites for hydroxylation is 2. The van der Waals surface area contributed by atoms with Crippen LogP contribution in [0.5, 0.6) is 0 Å². The fraction of sp³-hybridized carbons (Fsp3) is 0.643. The molecule has 0 atom stereocenters. The lowest BCUT2D eigenvalue weighted by molar-refractivity contribution is 0.0763. The molecule has 2 rings (SSSR count). The monoisotopic (exact) mass is 328 g/mol. The number of rotatable bonds is 3. The Hall–Kier alpha value is -1.38. The second kappa shape index (κ2) is 6.39. The summed E-state index contributed by atoms with van der Waals surface area (Å²) in [6, 6.07) is 1.84. The highest BCUT2D eigenvalue weighted by molar-refractivity contribution is 7.86. The first-order valence-corrected chi connectivity index (χ1v) is 8.76. The predicted octanol–water partition coefficient (Wildman–Crippen LogP) is 0.586. The van der Waals surface area contributed by atoms with Gasteiger partial charge in [0, 0.05) is 51.7 Å². The van der Waals surface area contributed by atoms with Crippen LogP contribution in [-0.2, 0) is 10.2 Å². The van der Waals surface area contributed by atoms with E-state index in [2.05, 4.69) is 4.98 Å². The molecule has 1 N–H and O–H groups in total. The van der Waals surface area contributed by atoms with Crippen molar-refractivity contribution in [3.63, 3.8) is 0 Å². The lowest BCUT2D eigenvalue weighted by Gasteiger charge is -2.24. The average Bonchev–Trinajstić information content (AvgIpc) is 2.66. The van der Waals surface area contributed by atoms with E-state index in [0.717, 1.165) is 11.4 Å². The fourth-order valence-corrected chi connectivity index (χ4v) is 3.81. The Morgan fingerprint density at radius 1 is 1.18 bits per heavy atom. The Bertz CT molecular complexity index is 651. The van der Waals surface area contributed by atoms with Gasteiger partial charge in [-0.25, -0.2) is 0 Å². The third-order valence-corrected chi connectivity index (χ3v) is 5.85. The van der Waals surface area contributed by atoms with E-state index in [4.69, 9.17) is 0 Å². The van der Waals surface area contributed by atoms with Crippen LogP contribution in [0.4, 0.5) is 0 Å². The first-order valence-electron chi connectivity index (χ1n) is 7.36. The molecule has 0 spiro atoms. The fourth-order valence-electron chi connectivity index (χ4n) is 2.67. The van der Waals surface area contributed by atoms with E-state index in [1.54, 1.807) is 4.90 Å². The summed E-state index contributed by atoms with van der Waals surface area (Å²) in [5, 5.41) is 0. The Morgan fingerprint density at radius 3 is 2.41 bits per heavy atom. The van der Waals surface area contributed by atoms with Crippen LogP contribution in [0.25, 0.3) is 0 Å². The Balaban J connectivity index is 2.11. The van der Waals surface area contributed by atoms with Gasteiger partial charge in [0.25, 0.3) is 16.1 Å². The zero-order valence-electron chi connectivity index (χ0n) is 13.6.